The topological polar surface area (TPSA) is 42.0 Å². The number of pyridine rings is 1. The zero-order chi connectivity index (χ0) is 16.8. The van der Waals surface area contributed by atoms with Crippen LogP contribution in [-0.4, -0.2) is 10.9 Å². The zero-order valence-corrected chi connectivity index (χ0v) is 13.8. The van der Waals surface area contributed by atoms with Crippen molar-refractivity contribution >= 4 is 23.2 Å². The van der Waals surface area contributed by atoms with Gasteiger partial charge in [-0.3, -0.25) is 9.78 Å². The predicted octanol–water partition coefficient (Wildman–Crippen LogP) is 4.70. The van der Waals surface area contributed by atoms with Gasteiger partial charge in [0.2, 0.25) is 5.91 Å². The van der Waals surface area contributed by atoms with Crippen LogP contribution in [-0.2, 0) is 11.2 Å². The molecule has 3 nitrogen and oxygen atoms in total. The molecule has 2 aromatic carbocycles. The molecule has 24 heavy (non-hydrogen) atoms. The van der Waals surface area contributed by atoms with Gasteiger partial charge in [-0.1, -0.05) is 48.0 Å². The SMILES string of the molecule is O=C(Nc1ccccc1)C(Cc1cccnc1)c1ccc(Cl)cc1. The van der Waals surface area contributed by atoms with Gasteiger partial charge in [0, 0.05) is 23.1 Å². The maximum absolute atomic E-state index is 12.8. The number of amides is 1. The second-order valence-corrected chi connectivity index (χ2v) is 5.96. The summed E-state index contributed by atoms with van der Waals surface area (Å²) < 4.78 is 0. The molecule has 0 spiro atoms. The van der Waals surface area contributed by atoms with Crippen LogP contribution in [0, 0.1) is 0 Å². The molecule has 1 atom stereocenters. The van der Waals surface area contributed by atoms with Crippen LogP contribution in [0.2, 0.25) is 5.02 Å². The van der Waals surface area contributed by atoms with Crippen LogP contribution < -0.4 is 5.32 Å². The molecule has 0 saturated heterocycles. The lowest BCUT2D eigenvalue weighted by Gasteiger charge is -2.17. The van der Waals surface area contributed by atoms with E-state index in [-0.39, 0.29) is 11.8 Å². The fourth-order valence-electron chi connectivity index (χ4n) is 2.56. The van der Waals surface area contributed by atoms with Gasteiger partial charge in [-0.05, 0) is 47.9 Å². The maximum Gasteiger partial charge on any atom is 0.232 e. The van der Waals surface area contributed by atoms with Crippen LogP contribution in [0.25, 0.3) is 0 Å². The summed E-state index contributed by atoms with van der Waals surface area (Å²) in [4.78, 5) is 17.0. The molecule has 0 fully saturated rings. The number of hydrogen-bond donors (Lipinski definition) is 1. The minimum absolute atomic E-state index is 0.0487. The fourth-order valence-corrected chi connectivity index (χ4v) is 2.69. The highest BCUT2D eigenvalue weighted by Crippen LogP contribution is 2.24. The van der Waals surface area contributed by atoms with Crippen LogP contribution in [0.5, 0.6) is 0 Å². The number of benzene rings is 2. The van der Waals surface area contributed by atoms with Gasteiger partial charge in [-0.15, -0.1) is 0 Å². The van der Waals surface area contributed by atoms with E-state index in [1.165, 1.54) is 0 Å². The molecule has 3 rings (SSSR count). The van der Waals surface area contributed by atoms with E-state index in [4.69, 9.17) is 11.6 Å². The van der Waals surface area contributed by atoms with Crippen LogP contribution in [0.1, 0.15) is 17.0 Å². The Bertz CT molecular complexity index is 789. The Hall–Kier alpha value is -2.65. The average Bonchev–Trinajstić information content (AvgIpc) is 2.62. The van der Waals surface area contributed by atoms with Crippen molar-refractivity contribution in [3.05, 3.63) is 95.3 Å². The third kappa shape index (κ3) is 4.21. The number of anilines is 1. The molecule has 1 unspecified atom stereocenters. The molecular formula is C20H17ClN2O. The van der Waals surface area contributed by atoms with E-state index in [9.17, 15) is 4.79 Å². The Kier molecular flexibility index (Phi) is 5.24. The third-order valence-electron chi connectivity index (χ3n) is 3.79. The van der Waals surface area contributed by atoms with Gasteiger partial charge in [0.25, 0.3) is 0 Å². The second-order valence-electron chi connectivity index (χ2n) is 5.52. The van der Waals surface area contributed by atoms with Crippen molar-refractivity contribution in [2.24, 2.45) is 0 Å². The maximum atomic E-state index is 12.8. The molecule has 0 saturated carbocycles. The van der Waals surface area contributed by atoms with E-state index in [2.05, 4.69) is 10.3 Å². The molecule has 120 valence electrons. The minimum Gasteiger partial charge on any atom is -0.326 e. The summed E-state index contributed by atoms with van der Waals surface area (Å²) >= 11 is 5.98. The van der Waals surface area contributed by atoms with Gasteiger partial charge in [0.15, 0.2) is 0 Å². The predicted molar refractivity (Wildman–Crippen MR) is 97.2 cm³/mol. The molecule has 0 aliphatic rings. The summed E-state index contributed by atoms with van der Waals surface area (Å²) in [5, 5.41) is 3.64. The van der Waals surface area contributed by atoms with Gasteiger partial charge >= 0.3 is 0 Å². The molecule has 1 amide bonds. The second kappa shape index (κ2) is 7.75. The van der Waals surface area contributed by atoms with Gasteiger partial charge < -0.3 is 5.32 Å². The van der Waals surface area contributed by atoms with E-state index in [1.807, 2.05) is 66.7 Å². The first-order valence-electron chi connectivity index (χ1n) is 7.72. The third-order valence-corrected chi connectivity index (χ3v) is 4.04. The number of nitrogens with one attached hydrogen (secondary N) is 1. The molecule has 1 heterocycles. The molecule has 1 N–H and O–H groups in total. The number of hydrogen-bond acceptors (Lipinski definition) is 2. The van der Waals surface area contributed by atoms with Gasteiger partial charge in [0.05, 0.1) is 5.92 Å². The largest absolute Gasteiger partial charge is 0.326 e. The van der Waals surface area contributed by atoms with E-state index < -0.39 is 0 Å². The van der Waals surface area contributed by atoms with Crippen molar-refractivity contribution in [1.82, 2.24) is 4.98 Å². The van der Waals surface area contributed by atoms with Crippen molar-refractivity contribution in [2.45, 2.75) is 12.3 Å². The Balaban J connectivity index is 1.86. The Morgan fingerprint density at radius 2 is 1.75 bits per heavy atom. The summed E-state index contributed by atoms with van der Waals surface area (Å²) in [6, 6.07) is 20.7. The normalized spacial score (nSPS) is 11.7. The van der Waals surface area contributed by atoms with Crippen molar-refractivity contribution < 1.29 is 4.79 Å². The summed E-state index contributed by atoms with van der Waals surface area (Å²) in [7, 11) is 0. The highest BCUT2D eigenvalue weighted by atomic mass is 35.5. The van der Waals surface area contributed by atoms with Crippen LogP contribution in [0.4, 0.5) is 5.69 Å². The minimum atomic E-state index is -0.313. The lowest BCUT2D eigenvalue weighted by Crippen LogP contribution is -2.23. The molecule has 0 radical (unpaired) electrons. The summed E-state index contributed by atoms with van der Waals surface area (Å²) in [5.41, 5.74) is 2.73. The molecular weight excluding hydrogens is 320 g/mol. The summed E-state index contributed by atoms with van der Waals surface area (Å²) in [6.45, 7) is 0. The van der Waals surface area contributed by atoms with Crippen LogP contribution in [0.3, 0.4) is 0 Å². The number of halogens is 1. The van der Waals surface area contributed by atoms with Crippen LogP contribution >= 0.6 is 11.6 Å². The molecule has 4 heteroatoms. The van der Waals surface area contributed by atoms with Crippen molar-refractivity contribution in [3.8, 4) is 0 Å². The van der Waals surface area contributed by atoms with Crippen molar-refractivity contribution in [3.63, 3.8) is 0 Å². The number of para-hydroxylation sites is 1. The van der Waals surface area contributed by atoms with Gasteiger partial charge in [-0.2, -0.15) is 0 Å². The molecule has 0 aliphatic heterocycles. The number of aromatic nitrogens is 1. The lowest BCUT2D eigenvalue weighted by molar-refractivity contribution is -0.117. The van der Waals surface area contributed by atoms with E-state index in [0.717, 1.165) is 16.8 Å². The molecule has 0 bridgehead atoms. The molecule has 1 aromatic heterocycles. The highest BCUT2D eigenvalue weighted by molar-refractivity contribution is 6.30. The number of nitrogens with zero attached hydrogens (tertiary/aromatic N) is 1. The quantitative estimate of drug-likeness (QED) is 0.733. The van der Waals surface area contributed by atoms with Crippen LogP contribution in [0.15, 0.2) is 79.1 Å². The van der Waals surface area contributed by atoms with Crippen molar-refractivity contribution in [1.29, 1.82) is 0 Å². The molecule has 3 aromatic rings. The first kappa shape index (κ1) is 16.2. The number of rotatable bonds is 5. The van der Waals surface area contributed by atoms with E-state index >= 15 is 0 Å². The number of carbonyl (C=O) groups excluding carboxylic acids is 1. The first-order chi connectivity index (χ1) is 11.7. The lowest BCUT2D eigenvalue weighted by atomic mass is 9.91. The Morgan fingerprint density at radius 3 is 2.42 bits per heavy atom. The number of carbonyl (C=O) groups is 1. The monoisotopic (exact) mass is 336 g/mol. The Morgan fingerprint density at radius 1 is 1.00 bits per heavy atom. The average molecular weight is 337 g/mol. The zero-order valence-electron chi connectivity index (χ0n) is 13.0. The van der Waals surface area contributed by atoms with Gasteiger partial charge in [-0.25, -0.2) is 0 Å². The smallest absolute Gasteiger partial charge is 0.232 e. The summed E-state index contributed by atoms with van der Waals surface area (Å²) in [6.07, 6.45) is 4.09. The van der Waals surface area contributed by atoms with Crippen molar-refractivity contribution in [2.75, 3.05) is 5.32 Å². The summed E-state index contributed by atoms with van der Waals surface area (Å²) in [5.74, 6) is -0.362. The van der Waals surface area contributed by atoms with E-state index in [0.29, 0.717) is 11.4 Å². The highest BCUT2D eigenvalue weighted by Gasteiger charge is 2.21. The Labute approximate surface area is 146 Å². The molecule has 0 aliphatic carbocycles. The fraction of sp³-hybridized carbons (Fsp3) is 0.100. The van der Waals surface area contributed by atoms with Gasteiger partial charge in [0.1, 0.15) is 0 Å². The first-order valence-corrected chi connectivity index (χ1v) is 8.10. The van der Waals surface area contributed by atoms with E-state index in [1.54, 1.807) is 12.4 Å². The standard InChI is InChI=1S/C20H17ClN2O/c21-17-10-8-16(9-11-17)19(13-15-5-4-12-22-14-15)20(24)23-18-6-2-1-3-7-18/h1-12,14,19H,13H2,(H,23,24).